The number of rotatable bonds is 6. The maximum atomic E-state index is 12.0. The van der Waals surface area contributed by atoms with Gasteiger partial charge in [0.1, 0.15) is 18.3 Å². The van der Waals surface area contributed by atoms with Gasteiger partial charge in [0.2, 0.25) is 5.95 Å². The highest BCUT2D eigenvalue weighted by molar-refractivity contribution is 7.71. The van der Waals surface area contributed by atoms with Crippen LogP contribution in [0.2, 0.25) is 0 Å². The van der Waals surface area contributed by atoms with Crippen molar-refractivity contribution in [1.82, 2.24) is 19.5 Å². The van der Waals surface area contributed by atoms with Crippen molar-refractivity contribution in [3.8, 4) is 0 Å². The predicted molar refractivity (Wildman–Crippen MR) is 88.6 cm³/mol. The molecule has 2 aromatic rings. The quantitative estimate of drug-likeness (QED) is 0.304. The van der Waals surface area contributed by atoms with E-state index in [1.54, 1.807) is 0 Å². The van der Waals surface area contributed by atoms with E-state index in [1.165, 1.54) is 11.7 Å². The van der Waals surface area contributed by atoms with Crippen LogP contribution in [0.25, 0.3) is 11.2 Å². The van der Waals surface area contributed by atoms with Crippen molar-refractivity contribution in [2.45, 2.75) is 24.5 Å². The normalized spacial score (nSPS) is 26.5. The first-order chi connectivity index (χ1) is 12.0. The topological polar surface area (TPSA) is 161 Å². The highest BCUT2D eigenvalue weighted by Gasteiger charge is 2.46. The molecule has 0 spiro atoms. The largest absolute Gasteiger partial charge is 0.394 e. The lowest BCUT2D eigenvalue weighted by Gasteiger charge is -2.22. The number of nitrogens with two attached hydrogens (primary N) is 1. The summed E-state index contributed by atoms with van der Waals surface area (Å²) in [7, 11) is 1.52. The van der Waals surface area contributed by atoms with Crippen LogP contribution < -0.4 is 11.3 Å². The average molecular weight is 373 g/mol. The van der Waals surface area contributed by atoms with Crippen molar-refractivity contribution in [3.05, 3.63) is 15.1 Å². The van der Waals surface area contributed by atoms with Gasteiger partial charge in [-0.15, -0.1) is 0 Å². The number of aliphatic hydroxyl groups is 2. The van der Waals surface area contributed by atoms with E-state index in [9.17, 15) is 15.0 Å². The Morgan fingerprint density at radius 1 is 1.44 bits per heavy atom. The molecule has 25 heavy (non-hydrogen) atoms. The summed E-state index contributed by atoms with van der Waals surface area (Å²) in [6.07, 6.45) is -3.72. The van der Waals surface area contributed by atoms with Gasteiger partial charge >= 0.3 is 0 Å². The number of hydrogen-bond donors (Lipinski definition) is 5. The molecule has 0 saturated carbocycles. The Morgan fingerprint density at radius 2 is 2.20 bits per heavy atom. The highest BCUT2D eigenvalue weighted by atomic mass is 32.1. The van der Waals surface area contributed by atoms with Gasteiger partial charge in [0.05, 0.1) is 19.8 Å². The number of nitrogens with zero attached hydrogens (tertiary/aromatic N) is 2. The number of aromatic nitrogens is 4. The van der Waals surface area contributed by atoms with E-state index in [2.05, 4.69) is 15.0 Å². The molecule has 4 atom stereocenters. The summed E-state index contributed by atoms with van der Waals surface area (Å²) in [6, 6.07) is 0. The maximum absolute atomic E-state index is 12.0. The minimum Gasteiger partial charge on any atom is -0.394 e. The summed E-state index contributed by atoms with van der Waals surface area (Å²) in [4.78, 5) is 21.2. The zero-order valence-electron chi connectivity index (χ0n) is 13.3. The van der Waals surface area contributed by atoms with Crippen LogP contribution in [0.15, 0.2) is 4.79 Å². The fraction of sp³-hybridized carbons (Fsp3) is 0.615. The minimum absolute atomic E-state index is 0.0886. The standard InChI is InChI=1S/C13H19N5O6S/c1-22-2-3-23-8-7(20)5(4-19)24-11(8)18-9-6(15-13(18)25)10(21)17-12(14)16-9/h5,7-8,11,19-20H,2-4H2,1H3,(H,15,25)(H3,14,16,17,21)/t5-,7?,8?,11-/m1/s1. The molecule has 138 valence electrons. The zero-order valence-corrected chi connectivity index (χ0v) is 14.2. The van der Waals surface area contributed by atoms with E-state index in [0.29, 0.717) is 6.61 Å². The van der Waals surface area contributed by atoms with Gasteiger partial charge in [0, 0.05) is 7.11 Å². The number of nitrogens with one attached hydrogen (secondary N) is 2. The van der Waals surface area contributed by atoms with Gasteiger partial charge in [-0.2, -0.15) is 4.98 Å². The van der Waals surface area contributed by atoms with Crippen LogP contribution >= 0.6 is 12.2 Å². The molecule has 2 unspecified atom stereocenters. The summed E-state index contributed by atoms with van der Waals surface area (Å²) in [6.45, 7) is 0.0968. The van der Waals surface area contributed by atoms with Gasteiger partial charge in [-0.05, 0) is 12.2 Å². The van der Waals surface area contributed by atoms with Crippen LogP contribution in [0.1, 0.15) is 6.23 Å². The van der Waals surface area contributed by atoms with Gasteiger partial charge in [-0.1, -0.05) is 0 Å². The smallest absolute Gasteiger partial charge is 0.278 e. The van der Waals surface area contributed by atoms with Crippen LogP contribution in [-0.2, 0) is 14.2 Å². The molecular weight excluding hydrogens is 354 g/mol. The minimum atomic E-state index is -1.10. The lowest BCUT2D eigenvalue weighted by atomic mass is 10.1. The van der Waals surface area contributed by atoms with Crippen LogP contribution in [-0.4, -0.2) is 75.0 Å². The summed E-state index contributed by atoms with van der Waals surface area (Å²) < 4.78 is 17.8. The number of H-pyrrole nitrogens is 2. The molecular formula is C13H19N5O6S. The SMILES string of the molecule is COCCOC1C(O)[C@@H](CO)O[C@H]1n1c(=S)[nH]c2c(=O)[nH]c(N)nc21. The molecule has 3 rings (SSSR count). The molecule has 6 N–H and O–H groups in total. The van der Waals surface area contributed by atoms with Gasteiger partial charge in [-0.25, -0.2) is 0 Å². The van der Waals surface area contributed by atoms with Crippen molar-refractivity contribution < 1.29 is 24.4 Å². The first kappa shape index (κ1) is 18.0. The number of hydrogen-bond acceptors (Lipinski definition) is 9. The first-order valence-electron chi connectivity index (χ1n) is 7.52. The summed E-state index contributed by atoms with van der Waals surface area (Å²) in [5, 5.41) is 19.8. The third kappa shape index (κ3) is 3.19. The molecule has 0 bridgehead atoms. The van der Waals surface area contributed by atoms with Crippen molar-refractivity contribution >= 4 is 29.3 Å². The molecule has 0 aliphatic carbocycles. The summed E-state index contributed by atoms with van der Waals surface area (Å²) in [5.41, 5.74) is 5.42. The Kier molecular flexibility index (Phi) is 5.17. The first-order valence-corrected chi connectivity index (χ1v) is 7.93. The number of methoxy groups -OCH3 is 1. The van der Waals surface area contributed by atoms with E-state index in [-0.39, 0.29) is 28.5 Å². The average Bonchev–Trinajstić information content (AvgIpc) is 3.05. The second kappa shape index (κ2) is 7.19. The summed E-state index contributed by atoms with van der Waals surface area (Å²) >= 11 is 5.26. The Labute approximate surface area is 146 Å². The van der Waals surface area contributed by atoms with Crippen LogP contribution in [0.3, 0.4) is 0 Å². The monoisotopic (exact) mass is 373 g/mol. The number of aliphatic hydroxyl groups excluding tert-OH is 2. The fourth-order valence-electron chi connectivity index (χ4n) is 2.79. The number of fused-ring (bicyclic) bond motifs is 1. The second-order valence-electron chi connectivity index (χ2n) is 5.52. The lowest BCUT2D eigenvalue weighted by molar-refractivity contribution is -0.0790. The van der Waals surface area contributed by atoms with E-state index >= 15 is 0 Å². The highest BCUT2D eigenvalue weighted by Crippen LogP contribution is 2.33. The second-order valence-corrected chi connectivity index (χ2v) is 5.90. The van der Waals surface area contributed by atoms with Crippen molar-refractivity contribution in [1.29, 1.82) is 0 Å². The predicted octanol–water partition coefficient (Wildman–Crippen LogP) is -1.35. The Hall–Kier alpha value is -1.83. The zero-order chi connectivity index (χ0) is 18.1. The molecule has 12 heteroatoms. The van der Waals surface area contributed by atoms with Crippen LogP contribution in [0, 0.1) is 4.77 Å². The van der Waals surface area contributed by atoms with Crippen molar-refractivity contribution in [2.24, 2.45) is 0 Å². The van der Waals surface area contributed by atoms with Crippen LogP contribution in [0.4, 0.5) is 5.95 Å². The number of imidazole rings is 1. The van der Waals surface area contributed by atoms with Crippen molar-refractivity contribution in [3.63, 3.8) is 0 Å². The lowest BCUT2D eigenvalue weighted by Crippen LogP contribution is -2.36. The number of ether oxygens (including phenoxy) is 3. The van der Waals surface area contributed by atoms with E-state index in [1.807, 2.05) is 0 Å². The molecule has 0 radical (unpaired) electrons. The summed E-state index contributed by atoms with van der Waals surface area (Å²) in [5.74, 6) is -0.0886. The Balaban J connectivity index is 2.06. The Bertz CT molecular complexity index is 863. The van der Waals surface area contributed by atoms with Gasteiger partial charge in [-0.3, -0.25) is 14.3 Å². The molecule has 11 nitrogen and oxygen atoms in total. The third-order valence-electron chi connectivity index (χ3n) is 3.94. The molecule has 0 aromatic carbocycles. The Morgan fingerprint density at radius 3 is 2.88 bits per heavy atom. The molecule has 0 amide bonds. The molecule has 1 saturated heterocycles. The van der Waals surface area contributed by atoms with Crippen LogP contribution in [0.5, 0.6) is 0 Å². The molecule has 3 heterocycles. The van der Waals surface area contributed by atoms with E-state index < -0.39 is 36.7 Å². The molecule has 1 aliphatic rings. The van der Waals surface area contributed by atoms with E-state index in [0.717, 1.165) is 0 Å². The molecule has 2 aromatic heterocycles. The number of aromatic amines is 2. The number of nitrogen functional groups attached to an aromatic ring is 1. The van der Waals surface area contributed by atoms with Gasteiger partial charge < -0.3 is 35.1 Å². The third-order valence-corrected chi connectivity index (χ3v) is 4.24. The molecule has 1 aliphatic heterocycles. The fourth-order valence-corrected chi connectivity index (χ4v) is 3.08. The van der Waals surface area contributed by atoms with Gasteiger partial charge in [0.15, 0.2) is 22.2 Å². The van der Waals surface area contributed by atoms with Gasteiger partial charge in [0.25, 0.3) is 5.56 Å². The number of anilines is 1. The van der Waals surface area contributed by atoms with Crippen molar-refractivity contribution in [2.75, 3.05) is 32.7 Å². The maximum Gasteiger partial charge on any atom is 0.278 e. The van der Waals surface area contributed by atoms with E-state index in [4.69, 9.17) is 32.2 Å². The molecule has 1 fully saturated rings.